The molecule has 1 N–H and O–H groups in total. The highest BCUT2D eigenvalue weighted by Crippen LogP contribution is 2.08. The minimum Gasteiger partial charge on any atom is -0.467 e. The second-order valence-corrected chi connectivity index (χ2v) is 3.62. The van der Waals surface area contributed by atoms with E-state index in [-0.39, 0.29) is 24.5 Å². The number of amides is 1. The maximum atomic E-state index is 11.8. The van der Waals surface area contributed by atoms with Crippen molar-refractivity contribution in [3.05, 3.63) is 35.9 Å². The lowest BCUT2D eigenvalue weighted by Gasteiger charge is -2.06. The van der Waals surface area contributed by atoms with E-state index in [1.165, 1.54) is 14.2 Å². The molecule has 0 fully saturated rings. The van der Waals surface area contributed by atoms with E-state index in [0.29, 0.717) is 11.5 Å². The molecule has 0 saturated heterocycles. The minimum absolute atomic E-state index is 0.116. The molecule has 0 saturated carbocycles. The van der Waals surface area contributed by atoms with Gasteiger partial charge in [-0.25, -0.2) is 0 Å². The summed E-state index contributed by atoms with van der Waals surface area (Å²) < 4.78 is 9.84. The summed E-state index contributed by atoms with van der Waals surface area (Å²) in [6, 6.07) is 5.33. The normalized spacial score (nSPS) is 9.90. The Morgan fingerprint density at radius 1 is 1.15 bits per heavy atom. The lowest BCUT2D eigenvalue weighted by Crippen LogP contribution is -2.25. The molecule has 0 spiro atoms. The maximum Gasteiger partial charge on any atom is 0.322 e. The van der Waals surface area contributed by atoms with Crippen LogP contribution < -0.4 is 14.8 Å². The Balaban J connectivity index is 2.05. The highest BCUT2D eigenvalue weighted by atomic mass is 16.5. The zero-order valence-electron chi connectivity index (χ0n) is 11.0. The van der Waals surface area contributed by atoms with Crippen molar-refractivity contribution in [2.24, 2.45) is 0 Å². The number of nitrogens with zero attached hydrogens (tertiary/aromatic N) is 4. The van der Waals surface area contributed by atoms with Gasteiger partial charge in [-0.05, 0) is 12.1 Å². The first-order chi connectivity index (χ1) is 9.72. The number of ether oxygens (including phenoxy) is 2. The first-order valence-corrected chi connectivity index (χ1v) is 5.75. The van der Waals surface area contributed by atoms with Gasteiger partial charge in [0.15, 0.2) is 5.82 Å². The van der Waals surface area contributed by atoms with E-state index in [1.807, 2.05) is 0 Å². The second-order valence-electron chi connectivity index (χ2n) is 3.62. The molecule has 0 unspecified atom stereocenters. The molecule has 104 valence electrons. The van der Waals surface area contributed by atoms with Gasteiger partial charge in [-0.3, -0.25) is 9.78 Å². The molecule has 0 radical (unpaired) electrons. The molecule has 0 bridgehead atoms. The summed E-state index contributed by atoms with van der Waals surface area (Å²) in [7, 11) is 2.87. The first-order valence-electron chi connectivity index (χ1n) is 5.75. The van der Waals surface area contributed by atoms with Crippen molar-refractivity contribution < 1.29 is 14.3 Å². The van der Waals surface area contributed by atoms with Gasteiger partial charge >= 0.3 is 12.0 Å². The quantitative estimate of drug-likeness (QED) is 0.832. The van der Waals surface area contributed by atoms with Crippen LogP contribution in [0.5, 0.6) is 12.0 Å². The summed E-state index contributed by atoms with van der Waals surface area (Å²) >= 11 is 0. The molecule has 0 atom stereocenters. The Kier molecular flexibility index (Phi) is 4.38. The van der Waals surface area contributed by atoms with Crippen LogP contribution in [0.4, 0.5) is 0 Å². The van der Waals surface area contributed by atoms with Crippen LogP contribution in [-0.4, -0.2) is 40.1 Å². The molecule has 8 nitrogen and oxygen atoms in total. The van der Waals surface area contributed by atoms with Crippen LogP contribution in [-0.2, 0) is 6.54 Å². The van der Waals surface area contributed by atoms with Crippen molar-refractivity contribution in [2.75, 3.05) is 14.2 Å². The van der Waals surface area contributed by atoms with E-state index in [9.17, 15) is 4.79 Å². The van der Waals surface area contributed by atoms with Crippen molar-refractivity contribution in [1.29, 1.82) is 0 Å². The van der Waals surface area contributed by atoms with Crippen LogP contribution in [0, 0.1) is 0 Å². The number of hydrogen-bond acceptors (Lipinski definition) is 7. The van der Waals surface area contributed by atoms with Crippen LogP contribution >= 0.6 is 0 Å². The smallest absolute Gasteiger partial charge is 0.322 e. The van der Waals surface area contributed by atoms with E-state index in [4.69, 9.17) is 9.47 Å². The summed E-state index contributed by atoms with van der Waals surface area (Å²) in [4.78, 5) is 27.6. The highest BCUT2D eigenvalue weighted by molar-refractivity contribution is 5.92. The molecule has 20 heavy (non-hydrogen) atoms. The van der Waals surface area contributed by atoms with Crippen LogP contribution in [0.25, 0.3) is 0 Å². The van der Waals surface area contributed by atoms with Crippen molar-refractivity contribution in [2.45, 2.75) is 6.54 Å². The maximum absolute atomic E-state index is 11.8. The van der Waals surface area contributed by atoms with Crippen LogP contribution in [0.15, 0.2) is 24.4 Å². The fourth-order valence-electron chi connectivity index (χ4n) is 1.39. The summed E-state index contributed by atoms with van der Waals surface area (Å²) in [6.07, 6.45) is 1.55. The van der Waals surface area contributed by atoms with Gasteiger partial charge < -0.3 is 14.8 Å². The van der Waals surface area contributed by atoms with E-state index < -0.39 is 0 Å². The Morgan fingerprint density at radius 2 is 1.85 bits per heavy atom. The molecule has 0 aliphatic carbocycles. The summed E-state index contributed by atoms with van der Waals surface area (Å²) in [6.45, 7) is 0.116. The lowest BCUT2D eigenvalue weighted by molar-refractivity contribution is 0.0944. The van der Waals surface area contributed by atoms with E-state index in [0.717, 1.165) is 0 Å². The van der Waals surface area contributed by atoms with Crippen LogP contribution in [0.1, 0.15) is 16.3 Å². The van der Waals surface area contributed by atoms with Crippen LogP contribution in [0.2, 0.25) is 0 Å². The van der Waals surface area contributed by atoms with Gasteiger partial charge in [-0.1, -0.05) is 6.07 Å². The van der Waals surface area contributed by atoms with Gasteiger partial charge in [0.25, 0.3) is 5.91 Å². The van der Waals surface area contributed by atoms with Gasteiger partial charge in [0.05, 0.1) is 20.8 Å². The molecular weight excluding hydrogens is 262 g/mol. The predicted octanol–water partition coefficient (Wildman–Crippen LogP) is 0.214. The molecule has 8 heteroatoms. The molecule has 2 aromatic heterocycles. The van der Waals surface area contributed by atoms with Crippen molar-refractivity contribution >= 4 is 5.91 Å². The third-order valence-corrected chi connectivity index (χ3v) is 2.31. The molecular formula is C12H13N5O3. The minimum atomic E-state index is -0.316. The second kappa shape index (κ2) is 6.41. The Labute approximate surface area is 115 Å². The topological polar surface area (TPSA) is 99.1 Å². The molecule has 2 heterocycles. The predicted molar refractivity (Wildman–Crippen MR) is 68.3 cm³/mol. The van der Waals surface area contributed by atoms with Gasteiger partial charge in [0.2, 0.25) is 0 Å². The number of nitrogens with one attached hydrogen (secondary N) is 1. The van der Waals surface area contributed by atoms with E-state index in [2.05, 4.69) is 25.3 Å². The number of hydrogen-bond donors (Lipinski definition) is 1. The number of pyridine rings is 1. The largest absolute Gasteiger partial charge is 0.467 e. The Morgan fingerprint density at radius 3 is 2.40 bits per heavy atom. The molecule has 2 aromatic rings. The van der Waals surface area contributed by atoms with Gasteiger partial charge in [0, 0.05) is 6.20 Å². The van der Waals surface area contributed by atoms with Gasteiger partial charge in [-0.2, -0.15) is 9.97 Å². The average molecular weight is 275 g/mol. The summed E-state index contributed by atoms with van der Waals surface area (Å²) in [5, 5.41) is 2.65. The van der Waals surface area contributed by atoms with Gasteiger partial charge in [-0.15, -0.1) is 4.98 Å². The van der Waals surface area contributed by atoms with Crippen LogP contribution in [0.3, 0.4) is 0 Å². The summed E-state index contributed by atoms with van der Waals surface area (Å²) in [5.41, 5.74) is 0.320. The van der Waals surface area contributed by atoms with Crippen molar-refractivity contribution in [3.63, 3.8) is 0 Å². The molecule has 2 rings (SSSR count). The average Bonchev–Trinajstić information content (AvgIpc) is 2.53. The third kappa shape index (κ3) is 3.37. The van der Waals surface area contributed by atoms with Gasteiger partial charge in [0.1, 0.15) is 5.69 Å². The fraction of sp³-hybridized carbons (Fsp3) is 0.250. The van der Waals surface area contributed by atoms with Crippen molar-refractivity contribution in [3.8, 4) is 12.0 Å². The number of aromatic nitrogens is 4. The lowest BCUT2D eigenvalue weighted by atomic mass is 10.3. The van der Waals surface area contributed by atoms with E-state index in [1.54, 1.807) is 24.4 Å². The SMILES string of the molecule is COc1nc(CNC(=O)c2ccccn2)nc(OC)n1. The fourth-order valence-corrected chi connectivity index (χ4v) is 1.39. The number of carbonyl (C=O) groups excluding carboxylic acids is 1. The molecule has 0 aromatic carbocycles. The summed E-state index contributed by atoms with van der Waals surface area (Å²) in [5.74, 6) is 0.0157. The third-order valence-electron chi connectivity index (χ3n) is 2.31. The first kappa shape index (κ1) is 13.7. The monoisotopic (exact) mass is 275 g/mol. The Bertz CT molecular complexity index is 569. The number of rotatable bonds is 5. The molecule has 0 aliphatic rings. The number of carbonyl (C=O) groups is 1. The number of methoxy groups -OCH3 is 2. The zero-order valence-corrected chi connectivity index (χ0v) is 11.0. The Hall–Kier alpha value is -2.77. The molecule has 1 amide bonds. The highest BCUT2D eigenvalue weighted by Gasteiger charge is 2.10. The van der Waals surface area contributed by atoms with Crippen molar-refractivity contribution in [1.82, 2.24) is 25.3 Å². The molecule has 0 aliphatic heterocycles. The standard InChI is InChI=1S/C12H13N5O3/c1-19-11-15-9(16-12(17-11)20-2)7-14-10(18)8-5-3-4-6-13-8/h3-6H,7H2,1-2H3,(H,14,18). The van der Waals surface area contributed by atoms with E-state index >= 15 is 0 Å². The zero-order chi connectivity index (χ0) is 14.4.